The van der Waals surface area contributed by atoms with Gasteiger partial charge in [-0.25, -0.2) is 11.0 Å². The molecule has 1 saturated carbocycles. The molecule has 13 heteroatoms. The van der Waals surface area contributed by atoms with Crippen LogP contribution in [-0.2, 0) is 17.8 Å². The Balaban J connectivity index is 0.00000384. The van der Waals surface area contributed by atoms with Crippen LogP contribution in [0.25, 0.3) is 15.7 Å². The van der Waals surface area contributed by atoms with Crippen LogP contribution in [0.1, 0.15) is 29.7 Å². The van der Waals surface area contributed by atoms with Crippen molar-refractivity contribution in [2.24, 2.45) is 5.41 Å². The number of carbonyl (C=O) groups excluding carboxylic acids is 1. The molecule has 234 valence electrons. The smallest absolute Gasteiger partial charge is 0.318 e. The van der Waals surface area contributed by atoms with Gasteiger partial charge in [0.15, 0.2) is 5.83 Å². The summed E-state index contributed by atoms with van der Waals surface area (Å²) >= 11 is 0. The van der Waals surface area contributed by atoms with Crippen LogP contribution in [0, 0.1) is 18.9 Å². The molecule has 1 amide bonds. The molecule has 2 aliphatic heterocycles. The Bertz CT molecular complexity index is 1600. The molecule has 1 saturated heterocycles. The molecule has 1 aliphatic carbocycles. The number of halogens is 1. The number of anilines is 2. The highest BCUT2D eigenvalue weighted by Crippen LogP contribution is 2.46. The molecule has 1 N–H and O–H groups in total. The first-order valence-corrected chi connectivity index (χ1v) is 14.8. The van der Waals surface area contributed by atoms with Gasteiger partial charge in [0.25, 0.3) is 5.91 Å². The number of aromatic amines is 1. The highest BCUT2D eigenvalue weighted by Gasteiger charge is 2.44. The van der Waals surface area contributed by atoms with E-state index in [0.29, 0.717) is 32.3 Å². The molecule has 2 fully saturated rings. The highest BCUT2D eigenvalue weighted by atomic mass is 32.1. The number of aryl methyl sites for hydroxylation is 1. The van der Waals surface area contributed by atoms with Crippen molar-refractivity contribution in [1.29, 1.82) is 0 Å². The number of H-pyrrole nitrogens is 1. The molecule has 1 aromatic carbocycles. The average molecular weight is 622 g/mol. The van der Waals surface area contributed by atoms with Crippen LogP contribution in [0.15, 0.2) is 30.7 Å². The number of nitrogens with one attached hydrogen (secondary N) is 1. The van der Waals surface area contributed by atoms with Crippen LogP contribution < -0.4 is 14.5 Å². The number of hydrogen-bond acceptors (Lipinski definition) is 8. The molecule has 4 heterocycles. The molecule has 3 aliphatic rings. The number of aromatic nitrogens is 4. The minimum Gasteiger partial charge on any atom is -0.463 e. The van der Waals surface area contributed by atoms with E-state index in [4.69, 9.17) is 21.3 Å². The quantitative estimate of drug-likeness (QED) is 0.287. The van der Waals surface area contributed by atoms with Gasteiger partial charge in [-0.1, -0.05) is 12.6 Å². The number of fused-ring (bicyclic) bond motifs is 2. The Morgan fingerprint density at radius 2 is 2.05 bits per heavy atom. The van der Waals surface area contributed by atoms with Crippen molar-refractivity contribution in [1.82, 2.24) is 30.0 Å². The number of nitrogens with zero attached hydrogens (tertiary/aromatic N) is 8. The molecular formula is C31H40FN9O2S. The fourth-order valence-corrected chi connectivity index (χ4v) is 6.58. The van der Waals surface area contributed by atoms with E-state index in [-0.39, 0.29) is 32.0 Å². The minimum atomic E-state index is -1.01. The van der Waals surface area contributed by atoms with Crippen molar-refractivity contribution in [2.45, 2.75) is 38.8 Å². The summed E-state index contributed by atoms with van der Waals surface area (Å²) in [5.74, 6) is -0.984. The monoisotopic (exact) mass is 621 g/mol. The predicted octanol–water partition coefficient (Wildman–Crippen LogP) is 3.48. The topological polar surface area (TPSA) is 98.1 Å². The van der Waals surface area contributed by atoms with Crippen molar-refractivity contribution >= 4 is 41.8 Å². The molecule has 0 unspecified atom stereocenters. The van der Waals surface area contributed by atoms with Gasteiger partial charge in [0.1, 0.15) is 11.9 Å². The van der Waals surface area contributed by atoms with Gasteiger partial charge in [-0.2, -0.15) is 28.6 Å². The average Bonchev–Trinajstić information content (AvgIpc) is 3.57. The molecule has 0 radical (unpaired) electrons. The Morgan fingerprint density at radius 3 is 2.75 bits per heavy atom. The number of carbonyl (C=O) groups is 1. The molecule has 3 aromatic rings. The van der Waals surface area contributed by atoms with Crippen molar-refractivity contribution < 1.29 is 13.9 Å². The summed E-state index contributed by atoms with van der Waals surface area (Å²) in [4.78, 5) is 34.0. The lowest BCUT2D eigenvalue weighted by Crippen LogP contribution is -2.57. The molecule has 1 atom stereocenters. The molecule has 44 heavy (non-hydrogen) atoms. The van der Waals surface area contributed by atoms with Crippen molar-refractivity contribution in [3.05, 3.63) is 59.0 Å². The van der Waals surface area contributed by atoms with Gasteiger partial charge < -0.3 is 29.2 Å². The van der Waals surface area contributed by atoms with Crippen LogP contribution in [-0.4, -0.2) is 102 Å². The molecule has 2 aromatic heterocycles. The number of ether oxygens (including phenoxy) is 1. The molecular weight excluding hydrogens is 581 g/mol. The standard InChI is InChI=1S/C31H38FN9O2.H2S/c1-20-6-7-25-24(15-34-37-25)27(20)39-11-8-23-26(17-39)35-30(43-19-31(9-10-31)18-38(4)5)36-28(23)40-12-13-41(29(42)21(2)32)22(16-40)14-33-3;/h6-7,15,22H,2,8-14,16-19H2,1,4-5H3,(H,34,37);1H2/t22-;/m0./s1. The molecule has 0 bridgehead atoms. The van der Waals surface area contributed by atoms with E-state index in [1.54, 1.807) is 0 Å². The van der Waals surface area contributed by atoms with E-state index >= 15 is 0 Å². The van der Waals surface area contributed by atoms with E-state index < -0.39 is 17.8 Å². The zero-order valence-corrected chi connectivity index (χ0v) is 26.6. The third-order valence-corrected chi connectivity index (χ3v) is 8.83. The van der Waals surface area contributed by atoms with E-state index in [9.17, 15) is 9.18 Å². The van der Waals surface area contributed by atoms with Crippen LogP contribution in [0.5, 0.6) is 6.01 Å². The second-order valence-electron chi connectivity index (χ2n) is 12.4. The maximum atomic E-state index is 13.8. The Morgan fingerprint density at radius 1 is 1.25 bits per heavy atom. The zero-order chi connectivity index (χ0) is 30.3. The number of benzene rings is 1. The summed E-state index contributed by atoms with van der Waals surface area (Å²) in [6, 6.07) is 4.03. The lowest BCUT2D eigenvalue weighted by Gasteiger charge is -2.41. The van der Waals surface area contributed by atoms with Crippen molar-refractivity contribution in [3.63, 3.8) is 0 Å². The van der Waals surface area contributed by atoms with Gasteiger partial charge >= 0.3 is 6.01 Å². The molecule has 0 spiro atoms. The van der Waals surface area contributed by atoms with E-state index in [2.05, 4.69) is 69.5 Å². The number of piperazine rings is 1. The van der Waals surface area contributed by atoms with Crippen LogP contribution in [0.3, 0.4) is 0 Å². The Labute approximate surface area is 264 Å². The van der Waals surface area contributed by atoms with Crippen molar-refractivity contribution in [3.8, 4) is 6.01 Å². The molecule has 11 nitrogen and oxygen atoms in total. The van der Waals surface area contributed by atoms with Gasteiger partial charge in [-0.3, -0.25) is 9.89 Å². The summed E-state index contributed by atoms with van der Waals surface area (Å²) in [5, 5.41) is 8.43. The van der Waals surface area contributed by atoms with E-state index in [1.807, 2.05) is 6.20 Å². The minimum absolute atomic E-state index is 0. The molecule has 6 rings (SSSR count). The largest absolute Gasteiger partial charge is 0.463 e. The summed E-state index contributed by atoms with van der Waals surface area (Å²) in [6.07, 6.45) is 4.81. The lowest BCUT2D eigenvalue weighted by atomic mass is 10.0. The van der Waals surface area contributed by atoms with E-state index in [0.717, 1.165) is 66.0 Å². The third kappa shape index (κ3) is 6.19. The maximum Gasteiger partial charge on any atom is 0.318 e. The second-order valence-corrected chi connectivity index (χ2v) is 12.4. The van der Waals surface area contributed by atoms with Gasteiger partial charge in [-0.05, 0) is 51.9 Å². The second kappa shape index (κ2) is 12.6. The summed E-state index contributed by atoms with van der Waals surface area (Å²) < 4.78 is 20.1. The summed E-state index contributed by atoms with van der Waals surface area (Å²) in [5.41, 5.74) is 5.36. The highest BCUT2D eigenvalue weighted by molar-refractivity contribution is 7.59. The zero-order valence-electron chi connectivity index (χ0n) is 25.6. The maximum absolute atomic E-state index is 13.8. The Kier molecular flexibility index (Phi) is 9.04. The van der Waals surface area contributed by atoms with Crippen molar-refractivity contribution in [2.75, 3.05) is 69.8 Å². The van der Waals surface area contributed by atoms with Gasteiger partial charge in [0, 0.05) is 49.1 Å². The van der Waals surface area contributed by atoms with Crippen LogP contribution in [0.4, 0.5) is 15.9 Å². The Hall–Kier alpha value is -3.89. The number of hydrogen-bond donors (Lipinski definition) is 1. The third-order valence-electron chi connectivity index (χ3n) is 8.83. The number of amides is 1. The van der Waals surface area contributed by atoms with E-state index in [1.165, 1.54) is 10.5 Å². The van der Waals surface area contributed by atoms with Gasteiger partial charge in [-0.15, -0.1) is 0 Å². The summed E-state index contributed by atoms with van der Waals surface area (Å²) in [6.45, 7) is 16.8. The van der Waals surface area contributed by atoms with Crippen LogP contribution >= 0.6 is 13.5 Å². The fraction of sp³-hybridized carbons (Fsp3) is 0.516. The van der Waals surface area contributed by atoms with Gasteiger partial charge in [0.2, 0.25) is 6.54 Å². The normalized spacial score (nSPS) is 18.9. The predicted molar refractivity (Wildman–Crippen MR) is 173 cm³/mol. The fourth-order valence-electron chi connectivity index (χ4n) is 6.58. The van der Waals surface area contributed by atoms with Crippen LogP contribution in [0.2, 0.25) is 0 Å². The first kappa shape index (κ1) is 31.5. The summed E-state index contributed by atoms with van der Waals surface area (Å²) in [7, 11) is 4.15. The SMILES string of the molecule is S.[C-]#[N+]C[C@H]1CN(c2nc(OCC3(CN(C)C)CC3)nc3c2CCN(c2c(C)ccc4[nH]ncc24)C3)CCN1C(=O)C(=C)F. The first-order valence-electron chi connectivity index (χ1n) is 14.8. The lowest BCUT2D eigenvalue weighted by molar-refractivity contribution is -0.131. The van der Waals surface area contributed by atoms with Gasteiger partial charge in [0.05, 0.1) is 36.2 Å². The first-order chi connectivity index (χ1) is 20.7. The number of rotatable bonds is 9.